The number of thiazole rings is 1. The van der Waals surface area contributed by atoms with Gasteiger partial charge in [-0.05, 0) is 18.8 Å². The summed E-state index contributed by atoms with van der Waals surface area (Å²) in [5.41, 5.74) is 0. The summed E-state index contributed by atoms with van der Waals surface area (Å²) in [6.07, 6.45) is 7.82. The highest BCUT2D eigenvalue weighted by Crippen LogP contribution is 2.28. The van der Waals surface area contributed by atoms with E-state index in [1.807, 2.05) is 13.8 Å². The van der Waals surface area contributed by atoms with Gasteiger partial charge in [-0.2, -0.15) is 0 Å². The van der Waals surface area contributed by atoms with Gasteiger partial charge in [-0.1, -0.05) is 50.9 Å². The van der Waals surface area contributed by atoms with Gasteiger partial charge in [0, 0.05) is 12.6 Å². The largest absolute Gasteiger partial charge is 0.467 e. The van der Waals surface area contributed by atoms with Crippen LogP contribution in [0.1, 0.15) is 52.4 Å². The van der Waals surface area contributed by atoms with E-state index < -0.39 is 12.2 Å². The fourth-order valence-electron chi connectivity index (χ4n) is 2.95. The predicted octanol–water partition coefficient (Wildman–Crippen LogP) is 3.40. The maximum absolute atomic E-state index is 11.8. The number of carbonyl (C=O) groups excluding carboxylic acids is 1. The Kier molecular flexibility index (Phi) is 9.14. The molecule has 1 aromatic rings. The minimum Gasteiger partial charge on any atom is -0.467 e. The van der Waals surface area contributed by atoms with E-state index in [0.717, 1.165) is 18.8 Å². The molecule has 1 heterocycles. The molecule has 8 heteroatoms. The highest BCUT2D eigenvalue weighted by Gasteiger charge is 2.15. The standard InChI is InChI=1S/C18H31N3O4S/c1-13(2)19-10-15(22)12-25-18-20-11-16(26-18)21-17(23)24-9-5-8-14-6-3-4-7-14/h11,13-15,19,22H,3-10,12H2,1-2H3,(H,21,23). The van der Waals surface area contributed by atoms with Crippen molar-refractivity contribution in [3.63, 3.8) is 0 Å². The van der Waals surface area contributed by atoms with Crippen molar-refractivity contribution in [1.82, 2.24) is 10.3 Å². The lowest BCUT2D eigenvalue weighted by Gasteiger charge is -2.13. The number of aliphatic hydroxyl groups is 1. The second-order valence-electron chi connectivity index (χ2n) is 7.07. The lowest BCUT2D eigenvalue weighted by molar-refractivity contribution is 0.104. The molecule has 1 unspecified atom stereocenters. The van der Waals surface area contributed by atoms with E-state index in [-0.39, 0.29) is 6.61 Å². The summed E-state index contributed by atoms with van der Waals surface area (Å²) < 4.78 is 10.7. The van der Waals surface area contributed by atoms with Gasteiger partial charge in [0.05, 0.1) is 12.8 Å². The van der Waals surface area contributed by atoms with E-state index in [2.05, 4.69) is 15.6 Å². The van der Waals surface area contributed by atoms with Gasteiger partial charge in [-0.3, -0.25) is 5.32 Å². The van der Waals surface area contributed by atoms with E-state index in [4.69, 9.17) is 9.47 Å². The number of nitrogens with one attached hydrogen (secondary N) is 2. The second kappa shape index (κ2) is 11.4. The van der Waals surface area contributed by atoms with Crippen molar-refractivity contribution in [2.45, 2.75) is 64.5 Å². The quantitative estimate of drug-likeness (QED) is 0.506. The van der Waals surface area contributed by atoms with Crippen LogP contribution in [0.5, 0.6) is 5.19 Å². The van der Waals surface area contributed by atoms with Crippen molar-refractivity contribution in [1.29, 1.82) is 0 Å². The van der Waals surface area contributed by atoms with Crippen molar-refractivity contribution in [2.24, 2.45) is 5.92 Å². The zero-order valence-corrected chi connectivity index (χ0v) is 16.5. The Hall–Kier alpha value is -1.38. The van der Waals surface area contributed by atoms with Crippen LogP contribution in [-0.2, 0) is 4.74 Å². The molecule has 1 saturated carbocycles. The fourth-order valence-corrected chi connectivity index (χ4v) is 3.61. The lowest BCUT2D eigenvalue weighted by Crippen LogP contribution is -2.35. The lowest BCUT2D eigenvalue weighted by atomic mass is 10.0. The smallest absolute Gasteiger partial charge is 0.412 e. The first-order valence-corrected chi connectivity index (χ1v) is 10.3. The maximum Gasteiger partial charge on any atom is 0.412 e. The summed E-state index contributed by atoms with van der Waals surface area (Å²) in [6.45, 7) is 5.08. The van der Waals surface area contributed by atoms with Crippen LogP contribution in [0.4, 0.5) is 9.80 Å². The maximum atomic E-state index is 11.8. The Balaban J connectivity index is 1.58. The number of hydrogen-bond donors (Lipinski definition) is 3. The van der Waals surface area contributed by atoms with E-state index in [1.54, 1.807) is 0 Å². The van der Waals surface area contributed by atoms with Gasteiger partial charge in [-0.15, -0.1) is 0 Å². The second-order valence-corrected chi connectivity index (χ2v) is 8.07. The number of nitrogens with zero attached hydrogens (tertiary/aromatic N) is 1. The molecule has 1 amide bonds. The van der Waals surface area contributed by atoms with Gasteiger partial charge >= 0.3 is 6.09 Å². The summed E-state index contributed by atoms with van der Waals surface area (Å²) in [5.74, 6) is 0.814. The summed E-state index contributed by atoms with van der Waals surface area (Å²) >= 11 is 1.21. The first-order chi connectivity index (χ1) is 12.5. The molecule has 1 fully saturated rings. The fraction of sp³-hybridized carbons (Fsp3) is 0.778. The molecule has 0 aliphatic heterocycles. The Morgan fingerprint density at radius 2 is 2.19 bits per heavy atom. The van der Waals surface area contributed by atoms with E-state index >= 15 is 0 Å². The van der Waals surface area contributed by atoms with Crippen LogP contribution in [-0.4, -0.2) is 48.1 Å². The topological polar surface area (TPSA) is 92.7 Å². The number of carbonyl (C=O) groups is 1. The molecule has 1 atom stereocenters. The summed E-state index contributed by atoms with van der Waals surface area (Å²) in [7, 11) is 0. The molecule has 0 spiro atoms. The molecule has 3 N–H and O–H groups in total. The van der Waals surface area contributed by atoms with Gasteiger partial charge in [0.2, 0.25) is 0 Å². The molecule has 1 aliphatic carbocycles. The van der Waals surface area contributed by atoms with E-state index in [1.165, 1.54) is 43.2 Å². The monoisotopic (exact) mass is 385 g/mol. The molecule has 7 nitrogen and oxygen atoms in total. The number of rotatable bonds is 11. The normalized spacial score (nSPS) is 16.0. The summed E-state index contributed by atoms with van der Waals surface area (Å²) in [6, 6.07) is 0.310. The van der Waals surface area contributed by atoms with E-state index in [0.29, 0.717) is 29.4 Å². The highest BCUT2D eigenvalue weighted by atomic mass is 32.1. The number of ether oxygens (including phenoxy) is 2. The van der Waals surface area contributed by atoms with Crippen LogP contribution in [0, 0.1) is 5.92 Å². The van der Waals surface area contributed by atoms with Crippen molar-refractivity contribution in [3.05, 3.63) is 6.20 Å². The zero-order valence-electron chi connectivity index (χ0n) is 15.7. The minimum absolute atomic E-state index is 0.151. The molecule has 0 aromatic carbocycles. The van der Waals surface area contributed by atoms with Gasteiger partial charge in [-0.25, -0.2) is 9.78 Å². The van der Waals surface area contributed by atoms with Gasteiger partial charge in [0.15, 0.2) is 0 Å². The molecule has 1 aromatic heterocycles. The molecule has 0 bridgehead atoms. The number of anilines is 1. The average Bonchev–Trinajstić information content (AvgIpc) is 3.27. The first kappa shape index (κ1) is 20.9. The molecule has 2 rings (SSSR count). The third-order valence-electron chi connectivity index (χ3n) is 4.34. The Bertz CT molecular complexity index is 532. The van der Waals surface area contributed by atoms with Crippen LogP contribution in [0.2, 0.25) is 0 Å². The van der Waals surface area contributed by atoms with Crippen molar-refractivity contribution in [2.75, 3.05) is 25.1 Å². The predicted molar refractivity (Wildman–Crippen MR) is 103 cm³/mol. The van der Waals surface area contributed by atoms with Gasteiger partial charge < -0.3 is 19.9 Å². The van der Waals surface area contributed by atoms with E-state index in [9.17, 15) is 9.90 Å². The molecule has 0 saturated heterocycles. The Morgan fingerprint density at radius 1 is 1.42 bits per heavy atom. The van der Waals surface area contributed by atoms with Gasteiger partial charge in [0.1, 0.15) is 17.7 Å². The SMILES string of the molecule is CC(C)NCC(O)COc1ncc(NC(=O)OCCCC2CCCC2)s1. The Labute approximate surface area is 159 Å². The number of hydrogen-bond acceptors (Lipinski definition) is 7. The van der Waals surface area contributed by atoms with Crippen LogP contribution in [0.15, 0.2) is 6.20 Å². The molecule has 26 heavy (non-hydrogen) atoms. The molecule has 148 valence electrons. The summed E-state index contributed by atoms with van der Waals surface area (Å²) in [4.78, 5) is 15.9. The summed E-state index contributed by atoms with van der Waals surface area (Å²) in [5, 5.41) is 16.6. The van der Waals surface area contributed by atoms with Crippen molar-refractivity contribution >= 4 is 22.4 Å². The molecular formula is C18H31N3O4S. The number of aliphatic hydroxyl groups excluding tert-OH is 1. The number of aromatic nitrogens is 1. The minimum atomic E-state index is -0.609. The number of amides is 1. The molecule has 0 radical (unpaired) electrons. The van der Waals surface area contributed by atoms with Crippen LogP contribution < -0.4 is 15.4 Å². The van der Waals surface area contributed by atoms with Gasteiger partial charge in [0.25, 0.3) is 5.19 Å². The third kappa shape index (κ3) is 8.33. The van der Waals surface area contributed by atoms with Crippen LogP contribution >= 0.6 is 11.3 Å². The zero-order chi connectivity index (χ0) is 18.8. The molecular weight excluding hydrogens is 354 g/mol. The molecule has 1 aliphatic rings. The first-order valence-electron chi connectivity index (χ1n) is 9.46. The van der Waals surface area contributed by atoms with Crippen LogP contribution in [0.3, 0.4) is 0 Å². The Morgan fingerprint density at radius 3 is 2.92 bits per heavy atom. The third-order valence-corrected chi connectivity index (χ3v) is 5.16. The van der Waals surface area contributed by atoms with Crippen molar-refractivity contribution in [3.8, 4) is 5.19 Å². The van der Waals surface area contributed by atoms with Crippen LogP contribution in [0.25, 0.3) is 0 Å². The highest BCUT2D eigenvalue weighted by molar-refractivity contribution is 7.17. The van der Waals surface area contributed by atoms with Crippen molar-refractivity contribution < 1.29 is 19.4 Å². The average molecular weight is 386 g/mol.